The van der Waals surface area contributed by atoms with Gasteiger partial charge in [0.05, 0.1) is 6.42 Å². The van der Waals surface area contributed by atoms with Crippen LogP contribution in [-0.2, 0) is 14.3 Å². The maximum absolute atomic E-state index is 11.4. The number of hydrogen-bond donors (Lipinski definition) is 0. The van der Waals surface area contributed by atoms with Gasteiger partial charge >= 0.3 is 5.97 Å². The summed E-state index contributed by atoms with van der Waals surface area (Å²) >= 11 is 0. The molecule has 0 unspecified atom stereocenters. The van der Waals surface area contributed by atoms with Crippen molar-refractivity contribution in [1.29, 1.82) is 0 Å². The predicted octanol–water partition coefficient (Wildman–Crippen LogP) is 3.03. The minimum absolute atomic E-state index is 0.0405. The zero-order valence-corrected chi connectivity index (χ0v) is 11.1. The minimum Gasteiger partial charge on any atom is -0.462 e. The summed E-state index contributed by atoms with van der Waals surface area (Å²) in [4.78, 5) is 22.6. The summed E-state index contributed by atoms with van der Waals surface area (Å²) in [7, 11) is 0. The van der Waals surface area contributed by atoms with Gasteiger partial charge < -0.3 is 4.74 Å². The molecule has 1 heterocycles. The summed E-state index contributed by atoms with van der Waals surface area (Å²) < 4.78 is 5.27. The highest BCUT2D eigenvalue weighted by Gasteiger charge is 2.43. The number of esters is 1. The largest absolute Gasteiger partial charge is 0.462 e. The zero-order chi connectivity index (χ0) is 13.0. The van der Waals surface area contributed by atoms with Crippen LogP contribution < -0.4 is 0 Å². The van der Waals surface area contributed by atoms with Gasteiger partial charge in [0.1, 0.15) is 11.9 Å². The molecule has 1 saturated heterocycles. The van der Waals surface area contributed by atoms with Crippen molar-refractivity contribution in [3.05, 3.63) is 12.2 Å². The van der Waals surface area contributed by atoms with Gasteiger partial charge in [-0.05, 0) is 31.6 Å². The van der Waals surface area contributed by atoms with Gasteiger partial charge in [0, 0.05) is 18.8 Å². The SMILES string of the molecule is CCCC(=O)CCC=C[C@H]1CC[C@H]2OC(=O)C[C@H]12. The first-order valence-electron chi connectivity index (χ1n) is 7.08. The molecule has 0 amide bonds. The van der Waals surface area contributed by atoms with E-state index in [0.29, 0.717) is 36.9 Å². The first-order valence-corrected chi connectivity index (χ1v) is 7.08. The molecule has 1 saturated carbocycles. The van der Waals surface area contributed by atoms with Gasteiger partial charge in [-0.1, -0.05) is 19.1 Å². The van der Waals surface area contributed by atoms with Crippen molar-refractivity contribution < 1.29 is 14.3 Å². The molecule has 1 aliphatic carbocycles. The van der Waals surface area contributed by atoms with Crippen LogP contribution in [0.15, 0.2) is 12.2 Å². The van der Waals surface area contributed by atoms with E-state index in [1.54, 1.807) is 0 Å². The maximum atomic E-state index is 11.4. The summed E-state index contributed by atoms with van der Waals surface area (Å²) in [5.74, 6) is 1.18. The fraction of sp³-hybridized carbons (Fsp3) is 0.733. The molecule has 0 N–H and O–H groups in total. The first-order chi connectivity index (χ1) is 8.70. The number of hydrogen-bond acceptors (Lipinski definition) is 3. The van der Waals surface area contributed by atoms with Gasteiger partial charge in [-0.2, -0.15) is 0 Å². The van der Waals surface area contributed by atoms with E-state index >= 15 is 0 Å². The molecule has 0 aromatic heterocycles. The van der Waals surface area contributed by atoms with Crippen molar-refractivity contribution in [2.75, 3.05) is 0 Å². The number of carbonyl (C=O) groups is 2. The van der Waals surface area contributed by atoms with Crippen LogP contribution in [-0.4, -0.2) is 17.9 Å². The third-order valence-electron chi connectivity index (χ3n) is 4.00. The second-order valence-electron chi connectivity index (χ2n) is 5.39. The van der Waals surface area contributed by atoms with Crippen LogP contribution in [0.4, 0.5) is 0 Å². The second-order valence-corrected chi connectivity index (χ2v) is 5.39. The summed E-state index contributed by atoms with van der Waals surface area (Å²) in [6.45, 7) is 2.03. The number of ketones is 1. The van der Waals surface area contributed by atoms with Crippen LogP contribution >= 0.6 is 0 Å². The maximum Gasteiger partial charge on any atom is 0.306 e. The van der Waals surface area contributed by atoms with Crippen molar-refractivity contribution in [3.8, 4) is 0 Å². The van der Waals surface area contributed by atoms with E-state index in [-0.39, 0.29) is 12.1 Å². The highest BCUT2D eigenvalue weighted by molar-refractivity contribution is 5.78. The third kappa shape index (κ3) is 3.21. The van der Waals surface area contributed by atoms with Crippen LogP contribution in [0.1, 0.15) is 51.9 Å². The van der Waals surface area contributed by atoms with E-state index < -0.39 is 0 Å². The van der Waals surface area contributed by atoms with E-state index in [1.807, 2.05) is 6.92 Å². The number of allylic oxidation sites excluding steroid dienone is 2. The van der Waals surface area contributed by atoms with Gasteiger partial charge in [-0.15, -0.1) is 0 Å². The summed E-state index contributed by atoms with van der Waals surface area (Å²) in [5.41, 5.74) is 0. The average molecular weight is 250 g/mol. The summed E-state index contributed by atoms with van der Waals surface area (Å²) in [6.07, 6.45) is 10.3. The molecule has 2 aliphatic rings. The molecule has 3 heteroatoms. The molecule has 2 fully saturated rings. The Morgan fingerprint density at radius 3 is 3.00 bits per heavy atom. The molecule has 0 bridgehead atoms. The van der Waals surface area contributed by atoms with Crippen molar-refractivity contribution >= 4 is 11.8 Å². The lowest BCUT2D eigenvalue weighted by atomic mass is 9.92. The highest BCUT2D eigenvalue weighted by atomic mass is 16.5. The predicted molar refractivity (Wildman–Crippen MR) is 69.0 cm³/mol. The Kier molecular flexibility index (Phi) is 4.56. The molecule has 0 spiro atoms. The normalized spacial score (nSPS) is 30.7. The van der Waals surface area contributed by atoms with Crippen molar-refractivity contribution in [1.82, 2.24) is 0 Å². The van der Waals surface area contributed by atoms with E-state index in [2.05, 4.69) is 12.2 Å². The molecule has 2 rings (SSSR count). The fourth-order valence-corrected chi connectivity index (χ4v) is 3.06. The number of ether oxygens (including phenoxy) is 1. The Morgan fingerprint density at radius 1 is 1.39 bits per heavy atom. The first kappa shape index (κ1) is 13.3. The highest BCUT2D eigenvalue weighted by Crippen LogP contribution is 2.41. The Bertz CT molecular complexity index is 346. The number of fused-ring (bicyclic) bond motifs is 1. The van der Waals surface area contributed by atoms with Gasteiger partial charge in [-0.25, -0.2) is 0 Å². The van der Waals surface area contributed by atoms with Crippen LogP contribution in [0.2, 0.25) is 0 Å². The minimum atomic E-state index is -0.0405. The van der Waals surface area contributed by atoms with E-state index in [9.17, 15) is 9.59 Å². The molecule has 0 radical (unpaired) electrons. The number of Topliss-reactive ketones (excluding diaryl/α,β-unsaturated/α-hetero) is 1. The lowest BCUT2D eigenvalue weighted by Gasteiger charge is -2.11. The molecule has 100 valence electrons. The number of carbonyl (C=O) groups excluding carboxylic acids is 2. The van der Waals surface area contributed by atoms with Crippen LogP contribution in [0.25, 0.3) is 0 Å². The van der Waals surface area contributed by atoms with Gasteiger partial charge in [0.2, 0.25) is 0 Å². The third-order valence-corrected chi connectivity index (χ3v) is 4.00. The molecule has 0 aromatic carbocycles. The molecule has 18 heavy (non-hydrogen) atoms. The monoisotopic (exact) mass is 250 g/mol. The fourth-order valence-electron chi connectivity index (χ4n) is 3.06. The van der Waals surface area contributed by atoms with Crippen LogP contribution in [0.5, 0.6) is 0 Å². The average Bonchev–Trinajstić information content (AvgIpc) is 2.85. The Hall–Kier alpha value is -1.12. The topological polar surface area (TPSA) is 43.4 Å². The molecule has 3 atom stereocenters. The standard InChI is InChI=1S/C15H22O3/c1-2-5-12(16)7-4-3-6-11-8-9-14-13(11)10-15(17)18-14/h3,6,11,13-14H,2,4-5,7-10H2,1H3/t11-,13+,14+/m0/s1. The van der Waals surface area contributed by atoms with E-state index in [4.69, 9.17) is 4.74 Å². The molecule has 0 aromatic rings. The Balaban J connectivity index is 1.73. The summed E-state index contributed by atoms with van der Waals surface area (Å²) in [6, 6.07) is 0. The van der Waals surface area contributed by atoms with Gasteiger partial charge in [0.25, 0.3) is 0 Å². The molecular weight excluding hydrogens is 228 g/mol. The Labute approximate surface area is 109 Å². The molecule has 3 nitrogen and oxygen atoms in total. The molecule has 1 aliphatic heterocycles. The lowest BCUT2D eigenvalue weighted by Crippen LogP contribution is -2.12. The smallest absolute Gasteiger partial charge is 0.306 e. The van der Waals surface area contributed by atoms with Gasteiger partial charge in [-0.3, -0.25) is 9.59 Å². The zero-order valence-electron chi connectivity index (χ0n) is 11.1. The van der Waals surface area contributed by atoms with E-state index in [0.717, 1.165) is 25.7 Å². The van der Waals surface area contributed by atoms with Gasteiger partial charge in [0.15, 0.2) is 0 Å². The summed E-state index contributed by atoms with van der Waals surface area (Å²) in [5, 5.41) is 0. The quantitative estimate of drug-likeness (QED) is 0.537. The number of rotatable bonds is 6. The molecular formula is C15H22O3. The van der Waals surface area contributed by atoms with Crippen molar-refractivity contribution in [3.63, 3.8) is 0 Å². The van der Waals surface area contributed by atoms with Crippen molar-refractivity contribution in [2.45, 2.75) is 58.0 Å². The van der Waals surface area contributed by atoms with Crippen molar-refractivity contribution in [2.24, 2.45) is 11.8 Å². The van der Waals surface area contributed by atoms with E-state index in [1.165, 1.54) is 0 Å². The second kappa shape index (κ2) is 6.17. The van der Waals surface area contributed by atoms with Crippen LogP contribution in [0.3, 0.4) is 0 Å². The Morgan fingerprint density at radius 2 is 2.22 bits per heavy atom. The lowest BCUT2D eigenvalue weighted by molar-refractivity contribution is -0.141. The van der Waals surface area contributed by atoms with Crippen LogP contribution in [0, 0.1) is 11.8 Å².